The monoisotopic (exact) mass is 235 g/mol. The molecule has 0 radical (unpaired) electrons. The second-order valence-electron chi connectivity index (χ2n) is 2.89. The van der Waals surface area contributed by atoms with Gasteiger partial charge in [-0.2, -0.15) is 0 Å². The minimum Gasteiger partial charge on any atom is -0.382 e. The van der Waals surface area contributed by atoms with Crippen molar-refractivity contribution in [1.82, 2.24) is 15.0 Å². The van der Waals surface area contributed by atoms with E-state index in [1.54, 1.807) is 24.5 Å². The number of nitrogen functional groups attached to an aromatic ring is 1. The maximum Gasteiger partial charge on any atom is 0.178 e. The largest absolute Gasteiger partial charge is 0.382 e. The predicted octanol–water partition coefficient (Wildman–Crippen LogP) is 1.24. The van der Waals surface area contributed by atoms with Crippen LogP contribution in [0.4, 0.5) is 0 Å². The number of amidine groups is 1. The summed E-state index contributed by atoms with van der Waals surface area (Å²) in [5.74, 6) is 0.401. The van der Waals surface area contributed by atoms with Crippen LogP contribution >= 0.6 is 12.4 Å². The van der Waals surface area contributed by atoms with Gasteiger partial charge in [0.05, 0.1) is 0 Å². The molecule has 0 saturated heterocycles. The molecule has 0 aliphatic heterocycles. The lowest BCUT2D eigenvalue weighted by atomic mass is 10.3. The number of hydrogen-bond acceptors (Lipinski definition) is 4. The summed E-state index contributed by atoms with van der Waals surface area (Å²) in [5, 5.41) is 7.26. The minimum atomic E-state index is -0.0745. The third kappa shape index (κ3) is 2.52. The number of nitrogens with one attached hydrogen (secondary N) is 1. The molecule has 0 atom stereocenters. The van der Waals surface area contributed by atoms with Crippen molar-refractivity contribution in [3.05, 3.63) is 42.4 Å². The summed E-state index contributed by atoms with van der Waals surface area (Å²) >= 11 is 0. The van der Waals surface area contributed by atoms with E-state index >= 15 is 0 Å². The normalized spacial score (nSPS) is 9.25. The maximum atomic E-state index is 7.26. The van der Waals surface area contributed by atoms with Crippen LogP contribution in [0.2, 0.25) is 0 Å². The zero-order chi connectivity index (χ0) is 10.7. The van der Waals surface area contributed by atoms with Crippen molar-refractivity contribution in [2.45, 2.75) is 0 Å². The number of rotatable bonds is 2. The van der Waals surface area contributed by atoms with Gasteiger partial charge in [0.25, 0.3) is 0 Å². The molecule has 0 bridgehead atoms. The van der Waals surface area contributed by atoms with Crippen LogP contribution in [-0.4, -0.2) is 20.8 Å². The van der Waals surface area contributed by atoms with Gasteiger partial charge in [-0.3, -0.25) is 10.4 Å². The second-order valence-corrected chi connectivity index (χ2v) is 2.89. The Morgan fingerprint density at radius 1 is 1.12 bits per heavy atom. The van der Waals surface area contributed by atoms with Crippen LogP contribution in [0.5, 0.6) is 0 Å². The predicted molar refractivity (Wildman–Crippen MR) is 63.5 cm³/mol. The molecule has 0 saturated carbocycles. The van der Waals surface area contributed by atoms with E-state index in [1.807, 2.05) is 12.1 Å². The molecule has 2 rings (SSSR count). The molecule has 2 aromatic rings. The fraction of sp³-hybridized carbons (Fsp3) is 0. The zero-order valence-corrected chi connectivity index (χ0v) is 9.11. The van der Waals surface area contributed by atoms with Crippen molar-refractivity contribution in [3.8, 4) is 11.5 Å². The standard InChI is InChI=1S/C10H9N5.ClH/c11-9(12)7-4-6-14-10(15-7)8-3-1-2-5-13-8;/h1-6H,(H3,11,12);1H. The highest BCUT2D eigenvalue weighted by atomic mass is 35.5. The number of nitrogens with two attached hydrogens (primary N) is 1. The zero-order valence-electron chi connectivity index (χ0n) is 8.29. The number of halogens is 1. The molecule has 0 spiro atoms. The number of pyridine rings is 1. The van der Waals surface area contributed by atoms with Gasteiger partial charge in [0, 0.05) is 12.4 Å². The topological polar surface area (TPSA) is 88.5 Å². The van der Waals surface area contributed by atoms with E-state index in [2.05, 4.69) is 15.0 Å². The van der Waals surface area contributed by atoms with Gasteiger partial charge >= 0.3 is 0 Å². The minimum absolute atomic E-state index is 0. The van der Waals surface area contributed by atoms with E-state index in [4.69, 9.17) is 11.1 Å². The van der Waals surface area contributed by atoms with Crippen molar-refractivity contribution in [2.24, 2.45) is 5.73 Å². The Morgan fingerprint density at radius 3 is 2.56 bits per heavy atom. The molecule has 0 aromatic carbocycles. The molecule has 0 aliphatic carbocycles. The van der Waals surface area contributed by atoms with Gasteiger partial charge in [0.15, 0.2) is 5.82 Å². The third-order valence-electron chi connectivity index (χ3n) is 1.83. The fourth-order valence-electron chi connectivity index (χ4n) is 1.13. The first-order valence-corrected chi connectivity index (χ1v) is 4.36. The molecular formula is C10H10ClN5. The molecule has 82 valence electrons. The van der Waals surface area contributed by atoms with Crippen molar-refractivity contribution in [1.29, 1.82) is 5.41 Å². The summed E-state index contributed by atoms with van der Waals surface area (Å²) in [5.41, 5.74) is 6.41. The average molecular weight is 236 g/mol. The van der Waals surface area contributed by atoms with Gasteiger partial charge in [-0.25, -0.2) is 9.97 Å². The molecule has 16 heavy (non-hydrogen) atoms. The summed E-state index contributed by atoms with van der Waals surface area (Å²) in [7, 11) is 0. The Balaban J connectivity index is 0.00000128. The molecule has 6 heteroatoms. The van der Waals surface area contributed by atoms with Crippen molar-refractivity contribution >= 4 is 18.2 Å². The van der Waals surface area contributed by atoms with Crippen molar-refractivity contribution in [3.63, 3.8) is 0 Å². The first kappa shape index (κ1) is 12.1. The first-order valence-electron chi connectivity index (χ1n) is 4.36. The summed E-state index contributed by atoms with van der Waals surface area (Å²) in [6, 6.07) is 7.07. The van der Waals surface area contributed by atoms with Gasteiger partial charge in [-0.05, 0) is 18.2 Å². The van der Waals surface area contributed by atoms with Gasteiger partial charge < -0.3 is 5.73 Å². The highest BCUT2D eigenvalue weighted by molar-refractivity contribution is 5.93. The Hall–Kier alpha value is -2.01. The van der Waals surface area contributed by atoms with E-state index in [0.717, 1.165) is 0 Å². The summed E-state index contributed by atoms with van der Waals surface area (Å²) in [4.78, 5) is 12.3. The Kier molecular flexibility index (Phi) is 3.90. The van der Waals surface area contributed by atoms with Crippen molar-refractivity contribution < 1.29 is 0 Å². The van der Waals surface area contributed by atoms with Crippen LogP contribution in [0.3, 0.4) is 0 Å². The summed E-state index contributed by atoms with van der Waals surface area (Å²) < 4.78 is 0. The molecular weight excluding hydrogens is 226 g/mol. The molecule has 3 N–H and O–H groups in total. The maximum absolute atomic E-state index is 7.26. The molecule has 5 nitrogen and oxygen atoms in total. The lowest BCUT2D eigenvalue weighted by Gasteiger charge is -2.00. The smallest absolute Gasteiger partial charge is 0.178 e. The van der Waals surface area contributed by atoms with E-state index in [0.29, 0.717) is 17.2 Å². The Labute approximate surface area is 98.7 Å². The van der Waals surface area contributed by atoms with Crippen LogP contribution in [0.1, 0.15) is 5.69 Å². The molecule has 0 aliphatic rings. The first-order chi connectivity index (χ1) is 7.27. The average Bonchev–Trinajstić information content (AvgIpc) is 2.30. The third-order valence-corrected chi connectivity index (χ3v) is 1.83. The van der Waals surface area contributed by atoms with E-state index in [1.165, 1.54) is 0 Å². The van der Waals surface area contributed by atoms with Crippen LogP contribution < -0.4 is 5.73 Å². The Bertz CT molecular complexity index is 486. The summed E-state index contributed by atoms with van der Waals surface area (Å²) in [6.07, 6.45) is 3.23. The fourth-order valence-corrected chi connectivity index (χ4v) is 1.13. The highest BCUT2D eigenvalue weighted by Crippen LogP contribution is 2.09. The molecule has 0 fully saturated rings. The lowest BCUT2D eigenvalue weighted by Crippen LogP contribution is -2.13. The van der Waals surface area contributed by atoms with Gasteiger partial charge in [-0.15, -0.1) is 12.4 Å². The van der Waals surface area contributed by atoms with Crippen molar-refractivity contribution in [2.75, 3.05) is 0 Å². The van der Waals surface area contributed by atoms with Gasteiger partial charge in [-0.1, -0.05) is 6.07 Å². The van der Waals surface area contributed by atoms with Crippen LogP contribution in [0.15, 0.2) is 36.7 Å². The molecule has 2 aromatic heterocycles. The number of nitrogens with zero attached hydrogens (tertiary/aromatic N) is 3. The van der Waals surface area contributed by atoms with Crippen LogP contribution in [0, 0.1) is 5.41 Å². The van der Waals surface area contributed by atoms with Gasteiger partial charge in [0.2, 0.25) is 0 Å². The molecule has 2 heterocycles. The molecule has 0 unspecified atom stereocenters. The summed E-state index contributed by atoms with van der Waals surface area (Å²) in [6.45, 7) is 0. The highest BCUT2D eigenvalue weighted by Gasteiger charge is 2.04. The Morgan fingerprint density at radius 2 is 1.94 bits per heavy atom. The van der Waals surface area contributed by atoms with Gasteiger partial charge in [0.1, 0.15) is 17.2 Å². The number of hydrogen-bond donors (Lipinski definition) is 2. The van der Waals surface area contributed by atoms with E-state index < -0.39 is 0 Å². The second kappa shape index (κ2) is 5.18. The van der Waals surface area contributed by atoms with Crippen LogP contribution in [0.25, 0.3) is 11.5 Å². The van der Waals surface area contributed by atoms with E-state index in [-0.39, 0.29) is 18.2 Å². The quantitative estimate of drug-likeness (QED) is 0.606. The number of aromatic nitrogens is 3. The van der Waals surface area contributed by atoms with Crippen LogP contribution in [-0.2, 0) is 0 Å². The lowest BCUT2D eigenvalue weighted by molar-refractivity contribution is 1.12. The molecule has 0 amide bonds. The van der Waals surface area contributed by atoms with E-state index in [9.17, 15) is 0 Å². The SMILES string of the molecule is Cl.N=C(N)c1ccnc(-c2ccccn2)n1.